The zero-order chi connectivity index (χ0) is 12.3. The third-order valence-electron chi connectivity index (χ3n) is 2.59. The lowest BCUT2D eigenvalue weighted by atomic mass is 10.1. The van der Waals surface area contributed by atoms with E-state index in [9.17, 15) is 13.2 Å². The first-order chi connectivity index (χ1) is 7.35. The SMILES string of the molecule is CCS(=O)(=O)CCN1N=C(C(C)C)CC1=O. The van der Waals surface area contributed by atoms with Crippen molar-refractivity contribution in [2.75, 3.05) is 18.1 Å². The van der Waals surface area contributed by atoms with Gasteiger partial charge in [0.05, 0.1) is 24.4 Å². The Labute approximate surface area is 96.4 Å². The predicted octanol–water partition coefficient (Wildman–Crippen LogP) is 0.665. The quantitative estimate of drug-likeness (QED) is 0.716. The molecule has 1 amide bonds. The number of rotatable bonds is 5. The molecule has 0 radical (unpaired) electrons. The molecule has 1 heterocycles. The standard InChI is InChI=1S/C10H18N2O3S/c1-4-16(14,15)6-5-12-10(13)7-9(11-12)8(2)3/h8H,4-7H2,1-3H3. The molecule has 92 valence electrons. The van der Waals surface area contributed by atoms with Gasteiger partial charge in [0.1, 0.15) is 0 Å². The predicted molar refractivity (Wildman–Crippen MR) is 62.9 cm³/mol. The molecule has 0 spiro atoms. The summed E-state index contributed by atoms with van der Waals surface area (Å²) in [7, 11) is -3.03. The summed E-state index contributed by atoms with van der Waals surface area (Å²) in [5, 5.41) is 5.42. The van der Waals surface area contributed by atoms with E-state index in [0.29, 0.717) is 6.42 Å². The Kier molecular flexibility index (Phi) is 4.07. The van der Waals surface area contributed by atoms with Crippen molar-refractivity contribution in [1.82, 2.24) is 5.01 Å². The second kappa shape index (κ2) is 4.95. The van der Waals surface area contributed by atoms with Gasteiger partial charge >= 0.3 is 0 Å². The Bertz CT molecular complexity index is 398. The van der Waals surface area contributed by atoms with E-state index < -0.39 is 9.84 Å². The molecule has 0 unspecified atom stereocenters. The Morgan fingerprint density at radius 3 is 2.50 bits per heavy atom. The maximum Gasteiger partial charge on any atom is 0.248 e. The smallest absolute Gasteiger partial charge is 0.248 e. The van der Waals surface area contributed by atoms with Gasteiger partial charge < -0.3 is 0 Å². The number of hydrogen-bond donors (Lipinski definition) is 0. The van der Waals surface area contributed by atoms with E-state index in [0.717, 1.165) is 5.71 Å². The van der Waals surface area contributed by atoms with Crippen LogP contribution in [0, 0.1) is 5.92 Å². The normalized spacial score (nSPS) is 17.1. The monoisotopic (exact) mass is 246 g/mol. The topological polar surface area (TPSA) is 66.8 Å². The van der Waals surface area contributed by atoms with Gasteiger partial charge in [-0.15, -0.1) is 0 Å². The fourth-order valence-electron chi connectivity index (χ4n) is 1.36. The summed E-state index contributed by atoms with van der Waals surface area (Å²) < 4.78 is 22.6. The molecule has 0 aromatic heterocycles. The zero-order valence-corrected chi connectivity index (χ0v) is 10.7. The minimum absolute atomic E-state index is 0.00981. The van der Waals surface area contributed by atoms with Crippen LogP contribution < -0.4 is 0 Å². The lowest BCUT2D eigenvalue weighted by Gasteiger charge is -2.10. The van der Waals surface area contributed by atoms with Crippen molar-refractivity contribution >= 4 is 21.5 Å². The van der Waals surface area contributed by atoms with Gasteiger partial charge in [-0.2, -0.15) is 5.10 Å². The average molecular weight is 246 g/mol. The van der Waals surface area contributed by atoms with Gasteiger partial charge in [0, 0.05) is 5.75 Å². The summed E-state index contributed by atoms with van der Waals surface area (Å²) in [6, 6.07) is 0. The first-order valence-electron chi connectivity index (χ1n) is 5.44. The minimum atomic E-state index is -3.03. The third-order valence-corrected chi connectivity index (χ3v) is 4.27. The average Bonchev–Trinajstić information content (AvgIpc) is 2.57. The highest BCUT2D eigenvalue weighted by molar-refractivity contribution is 7.91. The first kappa shape index (κ1) is 13.2. The third kappa shape index (κ3) is 3.30. The van der Waals surface area contributed by atoms with Crippen LogP contribution in [0.25, 0.3) is 0 Å². The highest BCUT2D eigenvalue weighted by atomic mass is 32.2. The van der Waals surface area contributed by atoms with Gasteiger partial charge in [-0.05, 0) is 5.92 Å². The van der Waals surface area contributed by atoms with Crippen LogP contribution in [0.1, 0.15) is 27.2 Å². The molecule has 1 aliphatic rings. The van der Waals surface area contributed by atoms with E-state index in [1.165, 1.54) is 5.01 Å². The molecule has 0 saturated heterocycles. The second-order valence-electron chi connectivity index (χ2n) is 4.18. The number of sulfone groups is 1. The number of hydrazone groups is 1. The molecule has 16 heavy (non-hydrogen) atoms. The molecule has 0 bridgehead atoms. The number of hydrogen-bond acceptors (Lipinski definition) is 4. The fourth-order valence-corrected chi connectivity index (χ4v) is 2.10. The molecule has 0 atom stereocenters. The van der Waals surface area contributed by atoms with E-state index in [1.807, 2.05) is 13.8 Å². The van der Waals surface area contributed by atoms with Crippen LogP contribution in [0.5, 0.6) is 0 Å². The molecule has 0 aromatic carbocycles. The van der Waals surface area contributed by atoms with Crippen molar-refractivity contribution in [3.8, 4) is 0 Å². The van der Waals surface area contributed by atoms with Crippen LogP contribution in [0.3, 0.4) is 0 Å². The van der Waals surface area contributed by atoms with E-state index >= 15 is 0 Å². The van der Waals surface area contributed by atoms with E-state index in [4.69, 9.17) is 0 Å². The van der Waals surface area contributed by atoms with Gasteiger partial charge in [-0.3, -0.25) is 4.79 Å². The molecule has 0 N–H and O–H groups in total. The molecule has 0 saturated carbocycles. The molecule has 1 rings (SSSR count). The van der Waals surface area contributed by atoms with Crippen LogP contribution in [0.4, 0.5) is 0 Å². The number of nitrogens with zero attached hydrogens (tertiary/aromatic N) is 2. The maximum atomic E-state index is 11.5. The molecule has 5 nitrogen and oxygen atoms in total. The van der Waals surface area contributed by atoms with E-state index in [2.05, 4.69) is 5.10 Å². The van der Waals surface area contributed by atoms with E-state index in [1.54, 1.807) is 6.92 Å². The number of amides is 1. The highest BCUT2D eigenvalue weighted by Crippen LogP contribution is 2.14. The van der Waals surface area contributed by atoms with Gasteiger partial charge in [-0.25, -0.2) is 13.4 Å². The first-order valence-corrected chi connectivity index (χ1v) is 7.26. The van der Waals surface area contributed by atoms with Crippen LogP contribution in [0.15, 0.2) is 5.10 Å². The maximum absolute atomic E-state index is 11.5. The molecule has 0 aliphatic carbocycles. The zero-order valence-electron chi connectivity index (χ0n) is 9.93. The molecular weight excluding hydrogens is 228 g/mol. The molecule has 6 heteroatoms. The van der Waals surface area contributed by atoms with Crippen LogP contribution in [-0.4, -0.2) is 43.1 Å². The van der Waals surface area contributed by atoms with Crippen molar-refractivity contribution in [2.45, 2.75) is 27.2 Å². The Morgan fingerprint density at radius 1 is 1.44 bits per heavy atom. The Morgan fingerprint density at radius 2 is 2.06 bits per heavy atom. The van der Waals surface area contributed by atoms with Crippen molar-refractivity contribution < 1.29 is 13.2 Å². The van der Waals surface area contributed by atoms with Crippen molar-refractivity contribution in [2.24, 2.45) is 11.0 Å². The van der Waals surface area contributed by atoms with Crippen molar-refractivity contribution in [3.63, 3.8) is 0 Å². The van der Waals surface area contributed by atoms with Gasteiger partial charge in [0.25, 0.3) is 0 Å². The number of carbonyl (C=O) groups is 1. The van der Waals surface area contributed by atoms with Gasteiger partial charge in [-0.1, -0.05) is 20.8 Å². The van der Waals surface area contributed by atoms with Crippen LogP contribution in [0.2, 0.25) is 0 Å². The molecular formula is C10H18N2O3S. The summed E-state index contributed by atoms with van der Waals surface area (Å²) in [5.41, 5.74) is 0.832. The highest BCUT2D eigenvalue weighted by Gasteiger charge is 2.26. The minimum Gasteiger partial charge on any atom is -0.273 e. The second-order valence-corrected chi connectivity index (χ2v) is 6.65. The van der Waals surface area contributed by atoms with Crippen LogP contribution in [-0.2, 0) is 14.6 Å². The van der Waals surface area contributed by atoms with Crippen molar-refractivity contribution in [1.29, 1.82) is 0 Å². The lowest BCUT2D eigenvalue weighted by molar-refractivity contribution is -0.128. The van der Waals surface area contributed by atoms with Gasteiger partial charge in [0.15, 0.2) is 9.84 Å². The fraction of sp³-hybridized carbons (Fsp3) is 0.800. The van der Waals surface area contributed by atoms with Crippen molar-refractivity contribution in [3.05, 3.63) is 0 Å². The Balaban J connectivity index is 2.59. The summed E-state index contributed by atoms with van der Waals surface area (Å²) in [5.74, 6) is 0.228. The number of carbonyl (C=O) groups excluding carboxylic acids is 1. The summed E-state index contributed by atoms with van der Waals surface area (Å²) in [6.07, 6.45) is 0.323. The van der Waals surface area contributed by atoms with E-state index in [-0.39, 0.29) is 29.9 Å². The van der Waals surface area contributed by atoms with Crippen LogP contribution >= 0.6 is 0 Å². The lowest BCUT2D eigenvalue weighted by Crippen LogP contribution is -2.27. The Hall–Kier alpha value is -0.910. The molecule has 0 aromatic rings. The van der Waals surface area contributed by atoms with Gasteiger partial charge in [0.2, 0.25) is 5.91 Å². The summed E-state index contributed by atoms with van der Waals surface area (Å²) in [4.78, 5) is 11.5. The largest absolute Gasteiger partial charge is 0.273 e. The molecule has 0 fully saturated rings. The summed E-state index contributed by atoms with van der Waals surface area (Å²) in [6.45, 7) is 5.71. The molecule has 1 aliphatic heterocycles. The summed E-state index contributed by atoms with van der Waals surface area (Å²) >= 11 is 0.